The van der Waals surface area contributed by atoms with E-state index in [9.17, 15) is 8.22 Å². The van der Waals surface area contributed by atoms with Crippen molar-refractivity contribution in [2.45, 2.75) is 27.7 Å². The van der Waals surface area contributed by atoms with Crippen molar-refractivity contribution in [1.29, 1.82) is 0 Å². The van der Waals surface area contributed by atoms with Gasteiger partial charge < -0.3 is 0 Å². The Morgan fingerprint density at radius 2 is 1.33 bits per heavy atom. The van der Waals surface area contributed by atoms with Gasteiger partial charge >= 0.3 is 9.63 Å². The van der Waals surface area contributed by atoms with Crippen LogP contribution in [0.3, 0.4) is 0 Å². The predicted molar refractivity (Wildman–Crippen MR) is 49.2 cm³/mol. The Bertz CT molecular complexity index is 108. The first kappa shape index (κ1) is 12.0. The third kappa shape index (κ3) is 5.66. The van der Waals surface area contributed by atoms with Gasteiger partial charge in [-0.15, -0.1) is 0 Å². The molecule has 0 atom stereocenters. The average Bonchev–Trinajstić information content (AvgIpc) is 1.83. The highest BCUT2D eigenvalue weighted by atomic mass is 28.4. The number of nitrogens with zero attached hydrogens (tertiary/aromatic N) is 1. The predicted octanol–water partition coefficient (Wildman–Crippen LogP) is 2.52. The Balaban J connectivity index is 3.87. The summed E-state index contributed by atoms with van der Waals surface area (Å²) in [5.41, 5.74) is 0. The fourth-order valence-corrected chi connectivity index (χ4v) is 2.10. The quantitative estimate of drug-likeness (QED) is 0.480. The molecule has 1 nitrogen and oxygen atoms in total. The van der Waals surface area contributed by atoms with Crippen LogP contribution in [0.15, 0.2) is 0 Å². The summed E-state index contributed by atoms with van der Waals surface area (Å²) >= 11 is 0. The molecule has 73 valence electrons. The molecule has 0 bridgehead atoms. The summed E-state index contributed by atoms with van der Waals surface area (Å²) < 4.78 is 26.2. The molecule has 0 amide bonds. The fourth-order valence-electron chi connectivity index (χ4n) is 1.09. The maximum atomic E-state index is 12.4. The second kappa shape index (κ2) is 5.64. The lowest BCUT2D eigenvalue weighted by atomic mass is 10.2. The topological polar surface area (TPSA) is 3.24 Å². The molecule has 0 rings (SSSR count). The molecule has 1 radical (unpaired) electrons. The summed E-state index contributed by atoms with van der Waals surface area (Å²) in [4.78, 5) is 0. The molecule has 0 N–H and O–H groups in total. The smallest absolute Gasteiger partial charge is 0.271 e. The summed E-state index contributed by atoms with van der Waals surface area (Å²) in [5, 5.41) is 0. The summed E-state index contributed by atoms with van der Waals surface area (Å²) in [6, 6.07) is 0. The molecule has 4 heteroatoms. The molecule has 0 spiro atoms. The Morgan fingerprint density at radius 3 is 1.50 bits per heavy atom. The van der Waals surface area contributed by atoms with Gasteiger partial charge in [0.15, 0.2) is 0 Å². The van der Waals surface area contributed by atoms with E-state index in [4.69, 9.17) is 0 Å². The van der Waals surface area contributed by atoms with E-state index in [1.807, 2.05) is 27.7 Å². The van der Waals surface area contributed by atoms with Gasteiger partial charge in [0.2, 0.25) is 0 Å². The van der Waals surface area contributed by atoms with Gasteiger partial charge in [-0.3, -0.25) is 4.57 Å². The average molecular weight is 194 g/mol. The van der Waals surface area contributed by atoms with E-state index in [2.05, 4.69) is 0 Å². The van der Waals surface area contributed by atoms with Crippen molar-refractivity contribution in [2.75, 3.05) is 13.1 Å². The minimum absolute atomic E-state index is 0.329. The molecule has 0 unspecified atom stereocenters. The third-order valence-corrected chi connectivity index (χ3v) is 2.25. The van der Waals surface area contributed by atoms with Gasteiger partial charge in [-0.25, -0.2) is 8.22 Å². The van der Waals surface area contributed by atoms with Crippen molar-refractivity contribution in [2.24, 2.45) is 11.8 Å². The largest absolute Gasteiger partial charge is 0.573 e. The molecule has 0 aliphatic rings. The van der Waals surface area contributed by atoms with Crippen molar-refractivity contribution in [1.82, 2.24) is 4.57 Å². The summed E-state index contributed by atoms with van der Waals surface area (Å²) in [6.07, 6.45) is 0. The van der Waals surface area contributed by atoms with Crippen LogP contribution < -0.4 is 0 Å². The number of halogens is 2. The van der Waals surface area contributed by atoms with Crippen LogP contribution >= 0.6 is 0 Å². The third-order valence-electron chi connectivity index (χ3n) is 1.41. The zero-order valence-corrected chi connectivity index (χ0v) is 9.27. The highest BCUT2D eigenvalue weighted by Gasteiger charge is 2.24. The molecule has 0 aromatic carbocycles. The van der Waals surface area contributed by atoms with Crippen LogP contribution in [0.1, 0.15) is 27.7 Å². The van der Waals surface area contributed by atoms with Crippen LogP contribution in [0, 0.1) is 11.8 Å². The molecule has 0 saturated carbocycles. The second-order valence-corrected chi connectivity index (χ2v) is 5.05. The van der Waals surface area contributed by atoms with Crippen molar-refractivity contribution < 1.29 is 8.22 Å². The van der Waals surface area contributed by atoms with Gasteiger partial charge in [0, 0.05) is 0 Å². The SMILES string of the molecule is CC(C)CN(CC(C)C)[Si](F)F. The fraction of sp³-hybridized carbons (Fsp3) is 1.00. The second-order valence-electron chi connectivity index (χ2n) is 3.93. The lowest BCUT2D eigenvalue weighted by molar-refractivity contribution is 0.295. The normalized spacial score (nSPS) is 12.5. The van der Waals surface area contributed by atoms with Gasteiger partial charge in [0.25, 0.3) is 0 Å². The molecule has 12 heavy (non-hydrogen) atoms. The van der Waals surface area contributed by atoms with Crippen LogP contribution in [-0.2, 0) is 0 Å². The molecule has 0 aliphatic carbocycles. The Hall–Kier alpha value is 0.0369. The van der Waals surface area contributed by atoms with Crippen molar-refractivity contribution >= 4 is 9.63 Å². The Kier molecular flexibility index (Phi) is 5.66. The molecule has 0 aromatic heterocycles. The van der Waals surface area contributed by atoms with Gasteiger partial charge in [-0.2, -0.15) is 0 Å². The van der Waals surface area contributed by atoms with Crippen LogP contribution in [0.25, 0.3) is 0 Å². The van der Waals surface area contributed by atoms with E-state index < -0.39 is 9.63 Å². The van der Waals surface area contributed by atoms with E-state index in [0.29, 0.717) is 24.9 Å². The minimum atomic E-state index is -3.23. The molecule has 0 aliphatic heterocycles. The standard InChI is InChI=1S/C8H18F2NSi/c1-7(2)5-11(12(9)10)6-8(3)4/h7-8H,5-6H2,1-4H3. The minimum Gasteiger partial charge on any atom is -0.271 e. The van der Waals surface area contributed by atoms with E-state index in [1.165, 1.54) is 4.57 Å². The maximum absolute atomic E-state index is 12.4. The van der Waals surface area contributed by atoms with E-state index >= 15 is 0 Å². The molecule has 0 heterocycles. The van der Waals surface area contributed by atoms with Gasteiger partial charge in [-0.1, -0.05) is 27.7 Å². The summed E-state index contributed by atoms with van der Waals surface area (Å²) in [5.74, 6) is 0.658. The Labute approximate surface area is 75.8 Å². The zero-order valence-electron chi connectivity index (χ0n) is 8.27. The monoisotopic (exact) mass is 194 g/mol. The van der Waals surface area contributed by atoms with E-state index in [0.717, 1.165) is 0 Å². The van der Waals surface area contributed by atoms with Crippen LogP contribution in [0.5, 0.6) is 0 Å². The lowest BCUT2D eigenvalue weighted by Crippen LogP contribution is -2.38. The van der Waals surface area contributed by atoms with Gasteiger partial charge in [-0.05, 0) is 24.9 Å². The molecular weight excluding hydrogens is 176 g/mol. The number of hydrogen-bond acceptors (Lipinski definition) is 1. The highest BCUT2D eigenvalue weighted by Crippen LogP contribution is 2.07. The summed E-state index contributed by atoms with van der Waals surface area (Å²) in [6.45, 7) is 8.94. The first-order valence-corrected chi connectivity index (χ1v) is 5.56. The first-order valence-electron chi connectivity index (χ1n) is 4.36. The maximum Gasteiger partial charge on any atom is 0.573 e. The molecular formula is C8H18F2NSi. The highest BCUT2D eigenvalue weighted by molar-refractivity contribution is 6.39. The van der Waals surface area contributed by atoms with E-state index in [1.54, 1.807) is 0 Å². The summed E-state index contributed by atoms with van der Waals surface area (Å²) in [7, 11) is -3.23. The van der Waals surface area contributed by atoms with Crippen molar-refractivity contribution in [3.05, 3.63) is 0 Å². The van der Waals surface area contributed by atoms with Gasteiger partial charge in [0.05, 0.1) is 0 Å². The van der Waals surface area contributed by atoms with Crippen LogP contribution in [-0.4, -0.2) is 27.3 Å². The van der Waals surface area contributed by atoms with Crippen LogP contribution in [0.2, 0.25) is 0 Å². The molecule has 0 saturated heterocycles. The van der Waals surface area contributed by atoms with E-state index in [-0.39, 0.29) is 0 Å². The van der Waals surface area contributed by atoms with Crippen molar-refractivity contribution in [3.8, 4) is 0 Å². The first-order chi connectivity index (χ1) is 5.43. The van der Waals surface area contributed by atoms with Gasteiger partial charge in [0.1, 0.15) is 0 Å². The number of hydrogen-bond donors (Lipinski definition) is 0. The number of rotatable bonds is 5. The molecule has 0 aromatic rings. The lowest BCUT2D eigenvalue weighted by Gasteiger charge is -2.22. The van der Waals surface area contributed by atoms with Crippen LogP contribution in [0.4, 0.5) is 8.22 Å². The zero-order chi connectivity index (χ0) is 9.72. The Morgan fingerprint density at radius 1 is 1.00 bits per heavy atom. The molecule has 0 fully saturated rings. The van der Waals surface area contributed by atoms with Crippen molar-refractivity contribution in [3.63, 3.8) is 0 Å².